The number of hydrogen-bond acceptors (Lipinski definition) is 3. The number of pyridine rings is 1. The quantitative estimate of drug-likeness (QED) is 0.717. The van der Waals surface area contributed by atoms with E-state index < -0.39 is 0 Å². The number of carbonyl (C=O) groups excluding carboxylic acids is 1. The normalized spacial score (nSPS) is 10.2. The molecule has 0 bridgehead atoms. The highest BCUT2D eigenvalue weighted by Crippen LogP contribution is 2.19. The Hall–Kier alpha value is -1.90. The molecule has 0 radical (unpaired) electrons. The summed E-state index contributed by atoms with van der Waals surface area (Å²) >= 11 is 0. The minimum absolute atomic E-state index is 0.0934. The molecular formula is C12H11NO2. The zero-order chi connectivity index (χ0) is 10.7. The van der Waals surface area contributed by atoms with Crippen LogP contribution in [-0.4, -0.2) is 10.8 Å². The van der Waals surface area contributed by atoms with E-state index in [0.717, 1.165) is 11.3 Å². The van der Waals surface area contributed by atoms with Gasteiger partial charge in [0.15, 0.2) is 5.78 Å². The van der Waals surface area contributed by atoms with E-state index >= 15 is 0 Å². The third-order valence-electron chi connectivity index (χ3n) is 2.19. The Kier molecular flexibility index (Phi) is 2.63. The fourth-order valence-corrected chi connectivity index (χ4v) is 1.37. The Balaban J connectivity index is 2.39. The Morgan fingerprint density at radius 1 is 1.47 bits per heavy atom. The maximum atomic E-state index is 11.5. The van der Waals surface area contributed by atoms with Gasteiger partial charge in [-0.15, -0.1) is 0 Å². The summed E-state index contributed by atoms with van der Waals surface area (Å²) in [4.78, 5) is 15.5. The Bertz CT molecular complexity index is 460. The highest BCUT2D eigenvalue weighted by atomic mass is 16.3. The smallest absolute Gasteiger partial charge is 0.164 e. The Morgan fingerprint density at radius 2 is 2.33 bits per heavy atom. The maximum absolute atomic E-state index is 11.5. The second kappa shape index (κ2) is 4.09. The van der Waals surface area contributed by atoms with Crippen LogP contribution < -0.4 is 0 Å². The van der Waals surface area contributed by atoms with Crippen LogP contribution in [0.5, 0.6) is 0 Å². The van der Waals surface area contributed by atoms with Gasteiger partial charge in [0.25, 0.3) is 0 Å². The highest BCUT2D eigenvalue weighted by molar-refractivity contribution is 5.96. The number of ketones is 1. The molecule has 2 aromatic heterocycles. The van der Waals surface area contributed by atoms with Crippen molar-refractivity contribution in [3.63, 3.8) is 0 Å². The topological polar surface area (TPSA) is 43.1 Å². The summed E-state index contributed by atoms with van der Waals surface area (Å²) in [5.41, 5.74) is 1.46. The number of furan rings is 1. The molecule has 0 N–H and O–H groups in total. The minimum atomic E-state index is 0.0934. The van der Waals surface area contributed by atoms with E-state index in [-0.39, 0.29) is 5.78 Å². The van der Waals surface area contributed by atoms with Gasteiger partial charge in [-0.25, -0.2) is 0 Å². The second-order valence-electron chi connectivity index (χ2n) is 3.22. The molecule has 2 heterocycles. The van der Waals surface area contributed by atoms with Crippen molar-refractivity contribution >= 4 is 5.78 Å². The van der Waals surface area contributed by atoms with Gasteiger partial charge in [0, 0.05) is 29.9 Å². The van der Waals surface area contributed by atoms with Crippen molar-refractivity contribution in [3.05, 3.63) is 42.4 Å². The number of aromatic nitrogens is 1. The first kappa shape index (κ1) is 9.65. The summed E-state index contributed by atoms with van der Waals surface area (Å²) < 4.78 is 5.24. The molecule has 0 aliphatic rings. The second-order valence-corrected chi connectivity index (χ2v) is 3.22. The lowest BCUT2D eigenvalue weighted by Crippen LogP contribution is -1.97. The van der Waals surface area contributed by atoms with Crippen LogP contribution in [0.15, 0.2) is 41.3 Å². The van der Waals surface area contributed by atoms with Crippen molar-refractivity contribution in [1.29, 1.82) is 0 Å². The number of carbonyl (C=O) groups is 1. The summed E-state index contributed by atoms with van der Waals surface area (Å²) in [5.74, 6) is 0.823. The molecule has 3 nitrogen and oxygen atoms in total. The van der Waals surface area contributed by atoms with Crippen molar-refractivity contribution < 1.29 is 9.21 Å². The first-order valence-electron chi connectivity index (χ1n) is 4.83. The average Bonchev–Trinajstić information content (AvgIpc) is 2.82. The van der Waals surface area contributed by atoms with Crippen LogP contribution in [0.3, 0.4) is 0 Å². The van der Waals surface area contributed by atoms with Crippen molar-refractivity contribution in [2.75, 3.05) is 0 Å². The lowest BCUT2D eigenvalue weighted by Gasteiger charge is -1.99. The van der Waals surface area contributed by atoms with Crippen molar-refractivity contribution in [2.24, 2.45) is 0 Å². The van der Waals surface area contributed by atoms with E-state index in [4.69, 9.17) is 4.42 Å². The van der Waals surface area contributed by atoms with Gasteiger partial charge >= 0.3 is 0 Å². The predicted octanol–water partition coefficient (Wildman–Crippen LogP) is 2.93. The van der Waals surface area contributed by atoms with E-state index in [1.807, 2.05) is 19.1 Å². The first-order valence-corrected chi connectivity index (χ1v) is 4.83. The summed E-state index contributed by atoms with van der Waals surface area (Å²) in [6, 6.07) is 5.46. The third kappa shape index (κ3) is 1.96. The van der Waals surface area contributed by atoms with Crippen molar-refractivity contribution in [1.82, 2.24) is 4.98 Å². The monoisotopic (exact) mass is 201 g/mol. The van der Waals surface area contributed by atoms with Crippen LogP contribution in [0.1, 0.15) is 23.7 Å². The molecule has 0 fully saturated rings. The average molecular weight is 201 g/mol. The highest BCUT2D eigenvalue weighted by Gasteiger charge is 2.06. The Morgan fingerprint density at radius 3 is 3.00 bits per heavy atom. The van der Waals surface area contributed by atoms with Crippen LogP contribution in [-0.2, 0) is 0 Å². The molecule has 0 saturated carbocycles. The van der Waals surface area contributed by atoms with Crippen LogP contribution in [0.25, 0.3) is 11.3 Å². The first-order chi connectivity index (χ1) is 7.31. The van der Waals surface area contributed by atoms with Gasteiger partial charge in [-0.05, 0) is 18.2 Å². The molecule has 0 atom stereocenters. The van der Waals surface area contributed by atoms with Crippen LogP contribution in [0, 0.1) is 0 Å². The summed E-state index contributed by atoms with van der Waals surface area (Å²) in [6.45, 7) is 1.84. The van der Waals surface area contributed by atoms with Crippen LogP contribution >= 0.6 is 0 Å². The number of nitrogens with zero attached hydrogens (tertiary/aromatic N) is 1. The molecule has 0 aromatic carbocycles. The van der Waals surface area contributed by atoms with Gasteiger partial charge in [0.05, 0.1) is 6.26 Å². The molecule has 2 aromatic rings. The summed E-state index contributed by atoms with van der Waals surface area (Å²) in [7, 11) is 0. The molecular weight excluding hydrogens is 190 g/mol. The molecule has 0 spiro atoms. The summed E-state index contributed by atoms with van der Waals surface area (Å²) in [5, 5.41) is 0. The molecule has 0 amide bonds. The largest absolute Gasteiger partial charge is 0.464 e. The standard InChI is InChI=1S/C12H11NO2/c1-2-11(14)9-6-10(8-13-7-9)12-4-3-5-15-12/h3-8H,2H2,1H3. The van der Waals surface area contributed by atoms with E-state index in [1.54, 1.807) is 24.7 Å². The lowest BCUT2D eigenvalue weighted by atomic mass is 10.1. The van der Waals surface area contributed by atoms with E-state index in [9.17, 15) is 4.79 Å². The fourth-order valence-electron chi connectivity index (χ4n) is 1.37. The van der Waals surface area contributed by atoms with Gasteiger partial charge in [0.2, 0.25) is 0 Å². The summed E-state index contributed by atoms with van der Waals surface area (Å²) in [6.07, 6.45) is 5.36. The van der Waals surface area contributed by atoms with Crippen LogP contribution in [0.2, 0.25) is 0 Å². The van der Waals surface area contributed by atoms with Gasteiger partial charge in [-0.2, -0.15) is 0 Å². The zero-order valence-corrected chi connectivity index (χ0v) is 8.43. The minimum Gasteiger partial charge on any atom is -0.464 e. The third-order valence-corrected chi connectivity index (χ3v) is 2.19. The van der Waals surface area contributed by atoms with Gasteiger partial charge in [-0.1, -0.05) is 6.92 Å². The molecule has 76 valence electrons. The number of rotatable bonds is 3. The van der Waals surface area contributed by atoms with E-state index in [2.05, 4.69) is 4.98 Å². The van der Waals surface area contributed by atoms with Gasteiger partial charge in [-0.3, -0.25) is 9.78 Å². The van der Waals surface area contributed by atoms with Gasteiger partial charge in [0.1, 0.15) is 5.76 Å². The maximum Gasteiger partial charge on any atom is 0.164 e. The zero-order valence-electron chi connectivity index (χ0n) is 8.43. The van der Waals surface area contributed by atoms with E-state index in [0.29, 0.717) is 12.0 Å². The number of hydrogen-bond donors (Lipinski definition) is 0. The van der Waals surface area contributed by atoms with Crippen molar-refractivity contribution in [3.8, 4) is 11.3 Å². The fraction of sp³-hybridized carbons (Fsp3) is 0.167. The molecule has 2 rings (SSSR count). The predicted molar refractivity (Wildman–Crippen MR) is 56.6 cm³/mol. The lowest BCUT2D eigenvalue weighted by molar-refractivity contribution is 0.0988. The SMILES string of the molecule is CCC(=O)c1cncc(-c2ccco2)c1. The molecule has 0 saturated heterocycles. The molecule has 0 unspecified atom stereocenters. The molecule has 3 heteroatoms. The van der Waals surface area contributed by atoms with Crippen LogP contribution in [0.4, 0.5) is 0 Å². The van der Waals surface area contributed by atoms with Gasteiger partial charge < -0.3 is 4.42 Å². The molecule has 0 aliphatic heterocycles. The number of Topliss-reactive ketones (excluding diaryl/α,β-unsaturated/α-hetero) is 1. The molecule has 15 heavy (non-hydrogen) atoms. The molecule has 0 aliphatic carbocycles. The Labute approximate surface area is 87.8 Å². The van der Waals surface area contributed by atoms with Crippen molar-refractivity contribution in [2.45, 2.75) is 13.3 Å². The van der Waals surface area contributed by atoms with E-state index in [1.165, 1.54) is 0 Å².